The van der Waals surface area contributed by atoms with E-state index in [4.69, 9.17) is 4.74 Å². The fourth-order valence-corrected chi connectivity index (χ4v) is 1.69. The summed E-state index contributed by atoms with van der Waals surface area (Å²) in [4.78, 5) is 12.3. The van der Waals surface area contributed by atoms with Gasteiger partial charge in [-0.15, -0.1) is 0 Å². The molecule has 2 aromatic heterocycles. The lowest BCUT2D eigenvalue weighted by Crippen LogP contribution is -2.09. The third-order valence-electron chi connectivity index (χ3n) is 2.66. The van der Waals surface area contributed by atoms with Crippen LogP contribution in [0, 0.1) is 6.92 Å². The summed E-state index contributed by atoms with van der Waals surface area (Å²) in [6.07, 6.45) is 6.04. The molecule has 0 aromatic carbocycles. The van der Waals surface area contributed by atoms with Gasteiger partial charge >= 0.3 is 0 Å². The zero-order valence-electron chi connectivity index (χ0n) is 10.6. The molecule has 0 aliphatic rings. The van der Waals surface area contributed by atoms with Crippen molar-refractivity contribution in [3.8, 4) is 5.88 Å². The zero-order chi connectivity index (χ0) is 12.8. The Balaban J connectivity index is 1.95. The predicted molar refractivity (Wildman–Crippen MR) is 69.8 cm³/mol. The lowest BCUT2D eigenvalue weighted by molar-refractivity contribution is 0.393. The summed E-state index contributed by atoms with van der Waals surface area (Å²) >= 11 is 0. The number of rotatable bonds is 5. The molecule has 0 fully saturated rings. The number of hydrogen-bond acceptors (Lipinski definition) is 5. The van der Waals surface area contributed by atoms with Crippen molar-refractivity contribution in [3.05, 3.63) is 42.0 Å². The fraction of sp³-hybridized carbons (Fsp3) is 0.308. The van der Waals surface area contributed by atoms with Gasteiger partial charge < -0.3 is 10.1 Å². The van der Waals surface area contributed by atoms with E-state index in [1.165, 1.54) is 11.9 Å². The van der Waals surface area contributed by atoms with Crippen LogP contribution >= 0.6 is 0 Å². The summed E-state index contributed by atoms with van der Waals surface area (Å²) in [6, 6.07) is 4.00. The highest BCUT2D eigenvalue weighted by Gasteiger charge is 2.06. The number of hydrogen-bond donors (Lipinski definition) is 1. The molecule has 2 heterocycles. The number of ether oxygens (including phenoxy) is 1. The van der Waals surface area contributed by atoms with Crippen LogP contribution in [-0.2, 0) is 6.42 Å². The largest absolute Gasteiger partial charge is 0.481 e. The molecule has 0 aliphatic heterocycles. The summed E-state index contributed by atoms with van der Waals surface area (Å²) in [5.74, 6) is 1.42. The molecule has 1 N–H and O–H groups in total. The minimum Gasteiger partial charge on any atom is -0.481 e. The number of pyridine rings is 1. The molecule has 0 spiro atoms. The van der Waals surface area contributed by atoms with Crippen molar-refractivity contribution in [1.29, 1.82) is 0 Å². The third kappa shape index (κ3) is 2.94. The number of methoxy groups -OCH3 is 1. The Labute approximate surface area is 106 Å². The number of anilines is 1. The molecule has 18 heavy (non-hydrogen) atoms. The highest BCUT2D eigenvalue weighted by atomic mass is 16.5. The van der Waals surface area contributed by atoms with Gasteiger partial charge in [-0.3, -0.25) is 4.98 Å². The van der Waals surface area contributed by atoms with E-state index in [-0.39, 0.29) is 0 Å². The lowest BCUT2D eigenvalue weighted by Gasteiger charge is -2.10. The first kappa shape index (κ1) is 12.3. The van der Waals surface area contributed by atoms with E-state index in [0.29, 0.717) is 5.88 Å². The van der Waals surface area contributed by atoms with Crippen molar-refractivity contribution in [2.45, 2.75) is 13.3 Å². The Kier molecular flexibility index (Phi) is 4.06. The predicted octanol–water partition coefficient (Wildman–Crippen LogP) is 1.84. The Morgan fingerprint density at radius 1 is 1.33 bits per heavy atom. The van der Waals surface area contributed by atoms with Crippen molar-refractivity contribution >= 4 is 5.82 Å². The molecule has 0 saturated carbocycles. The second-order valence-electron chi connectivity index (χ2n) is 3.89. The van der Waals surface area contributed by atoms with Crippen molar-refractivity contribution in [2.24, 2.45) is 0 Å². The molecule has 0 bridgehead atoms. The highest BCUT2D eigenvalue weighted by Crippen LogP contribution is 2.19. The van der Waals surface area contributed by atoms with Gasteiger partial charge in [0.15, 0.2) is 0 Å². The van der Waals surface area contributed by atoms with Gasteiger partial charge in [0.25, 0.3) is 0 Å². The highest BCUT2D eigenvalue weighted by molar-refractivity contribution is 5.47. The number of aromatic nitrogens is 3. The molecular formula is C13H16N4O. The van der Waals surface area contributed by atoms with Crippen LogP contribution in [0.5, 0.6) is 5.88 Å². The average Bonchev–Trinajstić information content (AvgIpc) is 2.42. The van der Waals surface area contributed by atoms with Crippen LogP contribution in [0.25, 0.3) is 0 Å². The summed E-state index contributed by atoms with van der Waals surface area (Å²) in [6.45, 7) is 2.73. The topological polar surface area (TPSA) is 59.9 Å². The second-order valence-corrected chi connectivity index (χ2v) is 3.89. The summed E-state index contributed by atoms with van der Waals surface area (Å²) < 4.78 is 5.15. The molecule has 2 aromatic rings. The Morgan fingerprint density at radius 3 is 2.94 bits per heavy atom. The van der Waals surface area contributed by atoms with Gasteiger partial charge in [0.05, 0.1) is 12.7 Å². The van der Waals surface area contributed by atoms with Crippen LogP contribution < -0.4 is 10.1 Å². The SMILES string of the molecule is COc1ncnc(NCCc2cccnc2)c1C. The van der Waals surface area contributed by atoms with Crippen LogP contribution in [0.1, 0.15) is 11.1 Å². The van der Waals surface area contributed by atoms with Crippen LogP contribution in [0.3, 0.4) is 0 Å². The smallest absolute Gasteiger partial charge is 0.221 e. The van der Waals surface area contributed by atoms with E-state index in [0.717, 1.165) is 24.3 Å². The first-order valence-electron chi connectivity index (χ1n) is 5.79. The molecular weight excluding hydrogens is 228 g/mol. The molecule has 5 nitrogen and oxygen atoms in total. The molecule has 0 aliphatic carbocycles. The monoisotopic (exact) mass is 244 g/mol. The molecule has 2 rings (SSSR count). The summed E-state index contributed by atoms with van der Waals surface area (Å²) in [5, 5.41) is 3.28. The normalized spacial score (nSPS) is 10.1. The summed E-state index contributed by atoms with van der Waals surface area (Å²) in [7, 11) is 1.61. The van der Waals surface area contributed by atoms with Gasteiger partial charge in [0.2, 0.25) is 5.88 Å². The molecule has 0 atom stereocenters. The third-order valence-corrected chi connectivity index (χ3v) is 2.66. The van der Waals surface area contributed by atoms with Crippen LogP contribution in [0.2, 0.25) is 0 Å². The number of nitrogens with zero attached hydrogens (tertiary/aromatic N) is 3. The molecule has 0 radical (unpaired) electrons. The van der Waals surface area contributed by atoms with Gasteiger partial charge in [-0.25, -0.2) is 9.97 Å². The molecule has 0 unspecified atom stereocenters. The van der Waals surface area contributed by atoms with Gasteiger partial charge in [0.1, 0.15) is 12.1 Å². The van der Waals surface area contributed by atoms with Crippen molar-refractivity contribution in [2.75, 3.05) is 19.0 Å². The zero-order valence-corrected chi connectivity index (χ0v) is 10.6. The fourth-order valence-electron chi connectivity index (χ4n) is 1.69. The maximum Gasteiger partial charge on any atom is 0.221 e. The maximum atomic E-state index is 5.15. The van der Waals surface area contributed by atoms with E-state index in [1.54, 1.807) is 13.3 Å². The van der Waals surface area contributed by atoms with Gasteiger partial charge in [-0.1, -0.05) is 6.07 Å². The Bertz CT molecular complexity index is 502. The van der Waals surface area contributed by atoms with Crippen LogP contribution in [0.15, 0.2) is 30.9 Å². The minimum absolute atomic E-state index is 0.605. The van der Waals surface area contributed by atoms with E-state index >= 15 is 0 Å². The Hall–Kier alpha value is -2.17. The first-order chi connectivity index (χ1) is 8.81. The number of nitrogens with one attached hydrogen (secondary N) is 1. The molecule has 94 valence electrons. The van der Waals surface area contributed by atoms with E-state index in [1.807, 2.05) is 19.2 Å². The van der Waals surface area contributed by atoms with Gasteiger partial charge in [-0.05, 0) is 25.0 Å². The van der Waals surface area contributed by atoms with Crippen LogP contribution in [0.4, 0.5) is 5.82 Å². The van der Waals surface area contributed by atoms with Gasteiger partial charge in [-0.2, -0.15) is 0 Å². The minimum atomic E-state index is 0.605. The quantitative estimate of drug-likeness (QED) is 0.869. The standard InChI is InChI=1S/C13H16N4O/c1-10-12(16-9-17-13(10)18-2)15-7-5-11-4-3-6-14-8-11/h3-4,6,8-9H,5,7H2,1-2H3,(H,15,16,17). The Morgan fingerprint density at radius 2 is 2.22 bits per heavy atom. The molecule has 0 amide bonds. The first-order valence-corrected chi connectivity index (χ1v) is 5.79. The van der Waals surface area contributed by atoms with Crippen molar-refractivity contribution < 1.29 is 4.74 Å². The lowest BCUT2D eigenvalue weighted by atomic mass is 10.2. The second kappa shape index (κ2) is 5.95. The molecule has 5 heteroatoms. The average molecular weight is 244 g/mol. The summed E-state index contributed by atoms with van der Waals surface area (Å²) in [5.41, 5.74) is 2.12. The van der Waals surface area contributed by atoms with E-state index < -0.39 is 0 Å². The van der Waals surface area contributed by atoms with E-state index in [2.05, 4.69) is 26.3 Å². The maximum absolute atomic E-state index is 5.15. The molecule has 0 saturated heterocycles. The van der Waals surface area contributed by atoms with Crippen molar-refractivity contribution in [3.63, 3.8) is 0 Å². The van der Waals surface area contributed by atoms with Gasteiger partial charge in [0, 0.05) is 18.9 Å². The van der Waals surface area contributed by atoms with Crippen LogP contribution in [-0.4, -0.2) is 28.6 Å². The van der Waals surface area contributed by atoms with Crippen molar-refractivity contribution in [1.82, 2.24) is 15.0 Å². The van der Waals surface area contributed by atoms with E-state index in [9.17, 15) is 0 Å².